The quantitative estimate of drug-likeness (QED) is 0.218. The van der Waals surface area contributed by atoms with Gasteiger partial charge in [-0.1, -0.05) is 18.0 Å². The third-order valence-corrected chi connectivity index (χ3v) is 2.62. The van der Waals surface area contributed by atoms with Crippen LogP contribution in [0.15, 0.2) is 28.0 Å². The summed E-state index contributed by atoms with van der Waals surface area (Å²) in [5.41, 5.74) is 2.13. The van der Waals surface area contributed by atoms with Gasteiger partial charge in [0.1, 0.15) is 5.71 Å². The molecule has 1 aromatic heterocycles. The van der Waals surface area contributed by atoms with Gasteiger partial charge < -0.3 is 9.62 Å². The fourth-order valence-electron chi connectivity index (χ4n) is 1.65. The number of carbonyl (C=O) groups excluding carboxylic acids is 1. The van der Waals surface area contributed by atoms with Crippen LogP contribution in [0.25, 0.3) is 0 Å². The van der Waals surface area contributed by atoms with Crippen LogP contribution in [0.4, 0.5) is 0 Å². The summed E-state index contributed by atoms with van der Waals surface area (Å²) in [4.78, 5) is 10.7. The second-order valence-electron chi connectivity index (χ2n) is 3.97. The zero-order chi connectivity index (χ0) is 13.2. The van der Waals surface area contributed by atoms with Crippen LogP contribution in [-0.4, -0.2) is 22.0 Å². The van der Waals surface area contributed by atoms with Crippen molar-refractivity contribution < 1.29 is 19.6 Å². The van der Waals surface area contributed by atoms with Crippen molar-refractivity contribution in [3.05, 3.63) is 24.2 Å². The molecule has 6 heteroatoms. The molecule has 1 rings (SSSR count). The molecule has 100 valence electrons. The summed E-state index contributed by atoms with van der Waals surface area (Å²) < 4.78 is 5.14. The minimum Gasteiger partial charge on any atom is -0.463 e. The number of nitrogens with zero attached hydrogens (tertiary/aromatic N) is 1. The number of rotatable bonds is 8. The molecule has 0 aliphatic rings. The summed E-state index contributed by atoms with van der Waals surface area (Å²) in [5, 5.41) is 20.4. The first-order valence-corrected chi connectivity index (χ1v) is 5.95. The molecule has 0 radical (unpaired) electrons. The van der Waals surface area contributed by atoms with Crippen molar-refractivity contribution >= 4 is 11.6 Å². The minimum atomic E-state index is -0.358. The first kappa shape index (κ1) is 14.2. The normalized spacial score (nSPS) is 11.5. The Labute approximate surface area is 105 Å². The molecule has 1 aromatic rings. The Hall–Kier alpha value is -1.82. The molecule has 0 spiro atoms. The third kappa shape index (κ3) is 5.01. The van der Waals surface area contributed by atoms with Crippen molar-refractivity contribution in [2.24, 2.45) is 5.16 Å². The standard InChI is InChI=1S/C12H18N2O4/c15-12(14-17)8-4-2-1-3-6-10(13-16)11-7-5-9-18-11/h5,7,9,16-17H,1-4,6,8H2,(H,14,15)/b13-10+. The number of amides is 1. The number of oxime groups is 1. The highest BCUT2D eigenvalue weighted by molar-refractivity contribution is 5.97. The van der Waals surface area contributed by atoms with Crippen LogP contribution in [0.2, 0.25) is 0 Å². The number of carbonyl (C=O) groups is 1. The van der Waals surface area contributed by atoms with Crippen molar-refractivity contribution in [3.8, 4) is 0 Å². The van der Waals surface area contributed by atoms with Crippen LogP contribution >= 0.6 is 0 Å². The molecular formula is C12H18N2O4. The number of hydrogen-bond donors (Lipinski definition) is 3. The van der Waals surface area contributed by atoms with E-state index in [0.29, 0.717) is 24.3 Å². The average Bonchev–Trinajstić information content (AvgIpc) is 2.91. The van der Waals surface area contributed by atoms with E-state index in [0.717, 1.165) is 25.7 Å². The van der Waals surface area contributed by atoms with E-state index in [-0.39, 0.29) is 5.91 Å². The largest absolute Gasteiger partial charge is 0.463 e. The maximum Gasteiger partial charge on any atom is 0.243 e. The van der Waals surface area contributed by atoms with Crippen LogP contribution in [0.3, 0.4) is 0 Å². The molecule has 0 unspecified atom stereocenters. The highest BCUT2D eigenvalue weighted by atomic mass is 16.5. The highest BCUT2D eigenvalue weighted by Crippen LogP contribution is 2.11. The fourth-order valence-corrected chi connectivity index (χ4v) is 1.65. The van der Waals surface area contributed by atoms with E-state index in [9.17, 15) is 4.79 Å². The lowest BCUT2D eigenvalue weighted by molar-refractivity contribution is -0.129. The monoisotopic (exact) mass is 254 g/mol. The summed E-state index contributed by atoms with van der Waals surface area (Å²) in [7, 11) is 0. The van der Waals surface area contributed by atoms with Crippen molar-refractivity contribution in [1.82, 2.24) is 5.48 Å². The van der Waals surface area contributed by atoms with E-state index in [4.69, 9.17) is 14.8 Å². The van der Waals surface area contributed by atoms with Gasteiger partial charge in [0.25, 0.3) is 0 Å². The van der Waals surface area contributed by atoms with Gasteiger partial charge in [-0.15, -0.1) is 0 Å². The van der Waals surface area contributed by atoms with Gasteiger partial charge in [-0.05, 0) is 31.4 Å². The lowest BCUT2D eigenvalue weighted by Gasteiger charge is -2.02. The first-order chi connectivity index (χ1) is 8.77. The Morgan fingerprint density at radius 2 is 2.00 bits per heavy atom. The Morgan fingerprint density at radius 1 is 1.28 bits per heavy atom. The molecule has 3 N–H and O–H groups in total. The summed E-state index contributed by atoms with van der Waals surface area (Å²) in [5.74, 6) is 0.223. The Bertz CT molecular complexity index is 373. The van der Waals surface area contributed by atoms with Crippen LogP contribution in [-0.2, 0) is 4.79 Å². The molecular weight excluding hydrogens is 236 g/mol. The number of nitrogens with one attached hydrogen (secondary N) is 1. The lowest BCUT2D eigenvalue weighted by atomic mass is 10.1. The summed E-state index contributed by atoms with van der Waals surface area (Å²) in [6.45, 7) is 0. The highest BCUT2D eigenvalue weighted by Gasteiger charge is 2.07. The van der Waals surface area contributed by atoms with Gasteiger partial charge in [0.2, 0.25) is 5.91 Å². The molecule has 0 aromatic carbocycles. The summed E-state index contributed by atoms with van der Waals surface area (Å²) in [6.07, 6.45) is 5.92. The van der Waals surface area contributed by atoms with E-state index in [1.165, 1.54) is 6.26 Å². The Morgan fingerprint density at radius 3 is 2.56 bits per heavy atom. The van der Waals surface area contributed by atoms with Gasteiger partial charge >= 0.3 is 0 Å². The molecule has 0 saturated carbocycles. The van der Waals surface area contributed by atoms with Crippen molar-refractivity contribution in [2.45, 2.75) is 38.5 Å². The second kappa shape index (κ2) is 8.30. The molecule has 1 heterocycles. The molecule has 1 amide bonds. The predicted octanol–water partition coefficient (Wildman–Crippen LogP) is 2.30. The van der Waals surface area contributed by atoms with Crippen LogP contribution in [0.1, 0.15) is 44.3 Å². The Kier molecular flexibility index (Phi) is 6.56. The fraction of sp³-hybridized carbons (Fsp3) is 0.500. The maximum atomic E-state index is 10.7. The van der Waals surface area contributed by atoms with Gasteiger partial charge in [0.15, 0.2) is 5.76 Å². The Balaban J connectivity index is 2.12. The van der Waals surface area contributed by atoms with Crippen molar-refractivity contribution in [1.29, 1.82) is 0 Å². The van der Waals surface area contributed by atoms with Crippen molar-refractivity contribution in [2.75, 3.05) is 0 Å². The van der Waals surface area contributed by atoms with E-state index >= 15 is 0 Å². The number of hydroxylamine groups is 1. The van der Waals surface area contributed by atoms with Crippen LogP contribution in [0, 0.1) is 0 Å². The SMILES string of the molecule is O=C(CCCCCC/C(=N\O)c1ccco1)NO. The molecule has 0 fully saturated rings. The molecule has 0 atom stereocenters. The molecule has 0 bridgehead atoms. The van der Waals surface area contributed by atoms with Gasteiger partial charge in [-0.3, -0.25) is 10.0 Å². The zero-order valence-electron chi connectivity index (χ0n) is 10.1. The minimum absolute atomic E-state index is 0.329. The van der Waals surface area contributed by atoms with E-state index in [2.05, 4.69) is 5.16 Å². The maximum absolute atomic E-state index is 10.7. The average molecular weight is 254 g/mol. The van der Waals surface area contributed by atoms with E-state index in [1.54, 1.807) is 17.6 Å². The van der Waals surface area contributed by atoms with Crippen LogP contribution < -0.4 is 5.48 Å². The van der Waals surface area contributed by atoms with E-state index < -0.39 is 0 Å². The molecule has 0 saturated heterocycles. The molecule has 6 nitrogen and oxygen atoms in total. The number of unbranched alkanes of at least 4 members (excludes halogenated alkanes) is 3. The molecule has 18 heavy (non-hydrogen) atoms. The third-order valence-electron chi connectivity index (χ3n) is 2.62. The lowest BCUT2D eigenvalue weighted by Crippen LogP contribution is -2.17. The number of hydrogen-bond acceptors (Lipinski definition) is 5. The topological polar surface area (TPSA) is 95.1 Å². The van der Waals surface area contributed by atoms with Gasteiger partial charge in [-0.25, -0.2) is 5.48 Å². The van der Waals surface area contributed by atoms with Crippen molar-refractivity contribution in [3.63, 3.8) is 0 Å². The number of furan rings is 1. The second-order valence-corrected chi connectivity index (χ2v) is 3.97. The molecule has 0 aliphatic carbocycles. The summed E-state index contributed by atoms with van der Waals surface area (Å²) >= 11 is 0. The smallest absolute Gasteiger partial charge is 0.243 e. The van der Waals surface area contributed by atoms with Crippen LogP contribution in [0.5, 0.6) is 0 Å². The predicted molar refractivity (Wildman–Crippen MR) is 64.7 cm³/mol. The van der Waals surface area contributed by atoms with Gasteiger partial charge in [0.05, 0.1) is 6.26 Å². The zero-order valence-corrected chi connectivity index (χ0v) is 10.1. The van der Waals surface area contributed by atoms with Gasteiger partial charge in [0, 0.05) is 6.42 Å². The molecule has 0 aliphatic heterocycles. The van der Waals surface area contributed by atoms with Gasteiger partial charge in [-0.2, -0.15) is 0 Å². The first-order valence-electron chi connectivity index (χ1n) is 5.95. The van der Waals surface area contributed by atoms with E-state index in [1.807, 2.05) is 0 Å². The summed E-state index contributed by atoms with van der Waals surface area (Å²) in [6, 6.07) is 3.49.